The van der Waals surface area contributed by atoms with Crippen molar-refractivity contribution in [1.29, 1.82) is 0 Å². The van der Waals surface area contributed by atoms with Crippen LogP contribution in [0.3, 0.4) is 0 Å². The molecule has 2 heterocycles. The number of furan rings is 1. The summed E-state index contributed by atoms with van der Waals surface area (Å²) in [5, 5.41) is 3.13. The number of rotatable bonds is 6. The minimum atomic E-state index is -0.725. The van der Waals surface area contributed by atoms with Gasteiger partial charge in [-0.25, -0.2) is 13.2 Å². The lowest BCUT2D eigenvalue weighted by molar-refractivity contribution is -0.121. The highest BCUT2D eigenvalue weighted by Gasteiger charge is 2.18. The molecule has 2 aromatic heterocycles. The number of carbonyl (C=O) groups excluding carboxylic acids is 1. The number of carbonyl (C=O) groups is 1. The van der Waals surface area contributed by atoms with Crippen molar-refractivity contribution in [1.82, 2.24) is 10.3 Å². The predicted molar refractivity (Wildman–Crippen MR) is 107 cm³/mol. The van der Waals surface area contributed by atoms with Crippen molar-refractivity contribution in [2.45, 2.75) is 26.3 Å². The number of H-pyrrole nitrogens is 1. The largest absolute Gasteiger partial charge is 0.465 e. The van der Waals surface area contributed by atoms with Crippen molar-refractivity contribution in [2.24, 2.45) is 0 Å². The quantitative estimate of drug-likeness (QED) is 0.445. The Morgan fingerprint density at radius 1 is 1.03 bits per heavy atom. The number of amides is 1. The lowest BCUT2D eigenvalue weighted by atomic mass is 10.0. The summed E-state index contributed by atoms with van der Waals surface area (Å²) in [4.78, 5) is 15.3. The second-order valence-electron chi connectivity index (χ2n) is 7.08. The van der Waals surface area contributed by atoms with Gasteiger partial charge in [-0.2, -0.15) is 0 Å². The van der Waals surface area contributed by atoms with Gasteiger partial charge in [0, 0.05) is 23.6 Å². The van der Waals surface area contributed by atoms with Crippen LogP contribution in [0.25, 0.3) is 22.2 Å². The van der Waals surface area contributed by atoms with E-state index < -0.39 is 17.5 Å². The Bertz CT molecular complexity index is 1210. The third-order valence-electron chi connectivity index (χ3n) is 4.92. The Kier molecular flexibility index (Phi) is 5.35. The number of benzene rings is 2. The molecule has 1 amide bonds. The Morgan fingerprint density at radius 2 is 1.80 bits per heavy atom. The number of nitrogens with one attached hydrogen (secondary N) is 2. The fourth-order valence-electron chi connectivity index (χ4n) is 3.49. The maximum atomic E-state index is 14.3. The zero-order valence-corrected chi connectivity index (χ0v) is 16.2. The van der Waals surface area contributed by atoms with Gasteiger partial charge >= 0.3 is 0 Å². The van der Waals surface area contributed by atoms with E-state index in [1.54, 1.807) is 18.2 Å². The monoisotopic (exact) mass is 412 g/mol. The van der Waals surface area contributed by atoms with E-state index in [9.17, 15) is 18.0 Å². The molecule has 0 atom stereocenters. The molecular weight excluding hydrogens is 393 g/mol. The Labute approximate surface area is 170 Å². The van der Waals surface area contributed by atoms with Crippen LogP contribution in [0, 0.1) is 24.4 Å². The Hall–Kier alpha value is -3.48. The highest BCUT2D eigenvalue weighted by molar-refractivity contribution is 5.92. The normalized spacial score (nSPS) is 11.2. The summed E-state index contributed by atoms with van der Waals surface area (Å²) in [6.45, 7) is 2.08. The third kappa shape index (κ3) is 4.10. The van der Waals surface area contributed by atoms with Gasteiger partial charge in [0.2, 0.25) is 5.91 Å². The fourth-order valence-corrected chi connectivity index (χ4v) is 3.49. The molecule has 0 spiro atoms. The number of aromatic amines is 1. The maximum absolute atomic E-state index is 14.3. The predicted octanol–water partition coefficient (Wildman–Crippen LogP) is 5.40. The topological polar surface area (TPSA) is 58.0 Å². The minimum Gasteiger partial charge on any atom is -0.465 e. The first-order valence-corrected chi connectivity index (χ1v) is 9.48. The van der Waals surface area contributed by atoms with Crippen molar-refractivity contribution < 1.29 is 22.4 Å². The molecule has 4 nitrogen and oxygen atoms in total. The van der Waals surface area contributed by atoms with Crippen molar-refractivity contribution in [2.75, 3.05) is 0 Å². The molecule has 0 aliphatic carbocycles. The number of hydrogen-bond acceptors (Lipinski definition) is 2. The van der Waals surface area contributed by atoms with Gasteiger partial charge in [0.05, 0.1) is 12.1 Å². The molecule has 7 heteroatoms. The summed E-state index contributed by atoms with van der Waals surface area (Å²) in [6, 6.07) is 11.3. The molecule has 0 unspecified atom stereocenters. The molecule has 0 saturated carbocycles. The minimum absolute atomic E-state index is 0.110. The smallest absolute Gasteiger partial charge is 0.220 e. The van der Waals surface area contributed by atoms with Gasteiger partial charge < -0.3 is 14.7 Å². The molecule has 0 fully saturated rings. The van der Waals surface area contributed by atoms with E-state index in [0.717, 1.165) is 11.8 Å². The van der Waals surface area contributed by atoms with E-state index in [2.05, 4.69) is 10.3 Å². The van der Waals surface area contributed by atoms with E-state index in [1.807, 2.05) is 13.0 Å². The van der Waals surface area contributed by atoms with Gasteiger partial charge in [0.1, 0.15) is 29.0 Å². The second-order valence-corrected chi connectivity index (χ2v) is 7.08. The highest BCUT2D eigenvalue weighted by atomic mass is 19.1. The van der Waals surface area contributed by atoms with Gasteiger partial charge in [-0.1, -0.05) is 0 Å². The highest BCUT2D eigenvalue weighted by Crippen LogP contribution is 2.33. The Balaban J connectivity index is 1.60. The number of aryl methyl sites for hydroxylation is 2. The van der Waals surface area contributed by atoms with Crippen LogP contribution in [0.1, 0.15) is 23.5 Å². The number of aromatic nitrogens is 1. The molecule has 0 bridgehead atoms. The average Bonchev–Trinajstić information content (AvgIpc) is 3.29. The van der Waals surface area contributed by atoms with E-state index in [0.29, 0.717) is 28.0 Å². The standard InChI is InChI=1S/C23H19F3N2O2/c1-13-2-7-17(30-13)12-27-21(29)9-8-18-19-10-16(25)11-20(26)23(19)28-22(18)14-3-5-15(24)6-4-14/h2-7,10-11,28H,8-9,12H2,1H3,(H,27,29). The van der Waals surface area contributed by atoms with E-state index >= 15 is 0 Å². The molecule has 0 radical (unpaired) electrons. The van der Waals surface area contributed by atoms with Crippen LogP contribution in [0.5, 0.6) is 0 Å². The first kappa shape index (κ1) is 19.8. The molecule has 30 heavy (non-hydrogen) atoms. The van der Waals surface area contributed by atoms with Gasteiger partial charge in [0.15, 0.2) is 0 Å². The molecular formula is C23H19F3N2O2. The molecule has 0 saturated heterocycles. The first-order chi connectivity index (χ1) is 14.4. The summed E-state index contributed by atoms with van der Waals surface area (Å²) >= 11 is 0. The summed E-state index contributed by atoms with van der Waals surface area (Å²) in [5.74, 6) is -0.655. The summed E-state index contributed by atoms with van der Waals surface area (Å²) in [5.41, 5.74) is 1.90. The van der Waals surface area contributed by atoms with Crippen LogP contribution in [-0.4, -0.2) is 10.9 Å². The molecule has 2 aromatic carbocycles. The summed E-state index contributed by atoms with van der Waals surface area (Å²) in [7, 11) is 0. The van der Waals surface area contributed by atoms with Gasteiger partial charge in [-0.15, -0.1) is 0 Å². The van der Waals surface area contributed by atoms with Gasteiger partial charge in [0.25, 0.3) is 0 Å². The van der Waals surface area contributed by atoms with Crippen molar-refractivity contribution in [3.8, 4) is 11.3 Å². The fraction of sp³-hybridized carbons (Fsp3) is 0.174. The van der Waals surface area contributed by atoms with E-state index in [-0.39, 0.29) is 30.8 Å². The third-order valence-corrected chi connectivity index (χ3v) is 4.92. The molecule has 4 rings (SSSR count). The number of fused-ring (bicyclic) bond motifs is 1. The van der Waals surface area contributed by atoms with Crippen LogP contribution in [0.15, 0.2) is 52.9 Å². The van der Waals surface area contributed by atoms with Crippen molar-refractivity contribution in [3.05, 3.63) is 83.1 Å². The van der Waals surface area contributed by atoms with Gasteiger partial charge in [-0.05, 0) is 66.9 Å². The summed E-state index contributed by atoms with van der Waals surface area (Å²) < 4.78 is 46.9. The van der Waals surface area contributed by atoms with Crippen LogP contribution >= 0.6 is 0 Å². The number of hydrogen-bond donors (Lipinski definition) is 2. The van der Waals surface area contributed by atoms with Crippen molar-refractivity contribution in [3.63, 3.8) is 0 Å². The molecule has 0 aliphatic rings. The molecule has 2 N–H and O–H groups in total. The van der Waals surface area contributed by atoms with Crippen LogP contribution < -0.4 is 5.32 Å². The molecule has 4 aromatic rings. The zero-order chi connectivity index (χ0) is 21.3. The van der Waals surface area contributed by atoms with E-state index in [1.165, 1.54) is 18.2 Å². The molecule has 0 aliphatic heterocycles. The Morgan fingerprint density at radius 3 is 2.50 bits per heavy atom. The lowest BCUT2D eigenvalue weighted by Gasteiger charge is -2.07. The summed E-state index contributed by atoms with van der Waals surface area (Å²) in [6.07, 6.45) is 0.359. The van der Waals surface area contributed by atoms with Crippen LogP contribution in [0.4, 0.5) is 13.2 Å². The average molecular weight is 412 g/mol. The van der Waals surface area contributed by atoms with Crippen LogP contribution in [0.2, 0.25) is 0 Å². The van der Waals surface area contributed by atoms with Gasteiger partial charge in [-0.3, -0.25) is 4.79 Å². The van der Waals surface area contributed by atoms with E-state index in [4.69, 9.17) is 4.42 Å². The zero-order valence-electron chi connectivity index (χ0n) is 16.2. The van der Waals surface area contributed by atoms with Crippen molar-refractivity contribution >= 4 is 16.8 Å². The number of halogens is 3. The SMILES string of the molecule is Cc1ccc(CNC(=O)CCc2c(-c3ccc(F)cc3)[nH]c3c(F)cc(F)cc23)o1. The lowest BCUT2D eigenvalue weighted by Crippen LogP contribution is -2.22. The second kappa shape index (κ2) is 8.10. The first-order valence-electron chi connectivity index (χ1n) is 9.48. The van der Waals surface area contributed by atoms with Crippen LogP contribution in [-0.2, 0) is 17.8 Å². The molecule has 154 valence electrons. The maximum Gasteiger partial charge on any atom is 0.220 e.